The molecule has 1 amide bonds. The number of H-pyrrole nitrogens is 1. The number of halogens is 3. The molecule has 0 aliphatic heterocycles. The van der Waals surface area contributed by atoms with Crippen LogP contribution in [0.5, 0.6) is 11.5 Å². The van der Waals surface area contributed by atoms with Gasteiger partial charge in [-0.25, -0.2) is 4.98 Å². The summed E-state index contributed by atoms with van der Waals surface area (Å²) in [4.78, 5) is 16.4. The van der Waals surface area contributed by atoms with Gasteiger partial charge >= 0.3 is 6.18 Å². The lowest BCUT2D eigenvalue weighted by Gasteiger charge is -2.08. The fraction of sp³-hybridized carbons (Fsp3) is 0.211. The molecule has 0 bridgehead atoms. The topological polar surface area (TPSA) is 89.1 Å². The number of methoxy groups -OCH3 is 2. The quantitative estimate of drug-likeness (QED) is 0.537. The number of nitrogens with one attached hydrogen (secondary N) is 2. The molecule has 0 saturated heterocycles. The first-order valence-electron chi connectivity index (χ1n) is 8.55. The standard InChI is InChI=1S/C19H17F3N4O3S/c1-28-13-7-8-14(15(9-13)29-2)17-24-18(26-25-17)30-10-16(27)23-12-5-3-11(4-6-12)19(20,21)22/h3-9H,10H2,1-2H3,(H,23,27)(H,24,25,26). The van der Waals surface area contributed by atoms with Crippen molar-refractivity contribution in [2.75, 3.05) is 25.3 Å². The Kier molecular flexibility index (Phi) is 6.50. The first-order valence-corrected chi connectivity index (χ1v) is 9.53. The van der Waals surface area contributed by atoms with Crippen molar-refractivity contribution in [3.8, 4) is 22.9 Å². The van der Waals surface area contributed by atoms with E-state index in [2.05, 4.69) is 20.5 Å². The minimum Gasteiger partial charge on any atom is -0.497 e. The molecule has 7 nitrogen and oxygen atoms in total. The van der Waals surface area contributed by atoms with Crippen LogP contribution in [0.3, 0.4) is 0 Å². The van der Waals surface area contributed by atoms with Crippen molar-refractivity contribution in [2.24, 2.45) is 0 Å². The van der Waals surface area contributed by atoms with Gasteiger partial charge in [0.05, 0.1) is 31.1 Å². The molecule has 2 aromatic carbocycles. The van der Waals surface area contributed by atoms with E-state index in [0.717, 1.165) is 23.9 Å². The highest BCUT2D eigenvalue weighted by molar-refractivity contribution is 7.99. The number of hydrogen-bond donors (Lipinski definition) is 2. The number of aromatic amines is 1. The third-order valence-electron chi connectivity index (χ3n) is 3.96. The van der Waals surface area contributed by atoms with Crippen LogP contribution in [0, 0.1) is 0 Å². The van der Waals surface area contributed by atoms with Crippen molar-refractivity contribution in [3.05, 3.63) is 48.0 Å². The maximum atomic E-state index is 12.6. The summed E-state index contributed by atoms with van der Waals surface area (Å²) in [6.07, 6.45) is -4.42. The molecule has 0 unspecified atom stereocenters. The summed E-state index contributed by atoms with van der Waals surface area (Å²) in [6.45, 7) is 0. The minimum atomic E-state index is -4.42. The van der Waals surface area contributed by atoms with Crippen molar-refractivity contribution in [3.63, 3.8) is 0 Å². The van der Waals surface area contributed by atoms with Gasteiger partial charge < -0.3 is 14.8 Å². The average molecular weight is 438 g/mol. The molecule has 0 saturated carbocycles. The Balaban J connectivity index is 1.60. The van der Waals surface area contributed by atoms with E-state index < -0.39 is 17.6 Å². The molecular weight excluding hydrogens is 421 g/mol. The van der Waals surface area contributed by atoms with Crippen molar-refractivity contribution in [2.45, 2.75) is 11.3 Å². The fourth-order valence-electron chi connectivity index (χ4n) is 2.50. The summed E-state index contributed by atoms with van der Waals surface area (Å²) in [5.74, 6) is 1.22. The van der Waals surface area contributed by atoms with Crippen LogP contribution in [-0.4, -0.2) is 41.1 Å². The number of carbonyl (C=O) groups excluding carboxylic acids is 1. The van der Waals surface area contributed by atoms with E-state index in [1.54, 1.807) is 25.3 Å². The van der Waals surface area contributed by atoms with Gasteiger partial charge in [-0.2, -0.15) is 13.2 Å². The van der Waals surface area contributed by atoms with Gasteiger partial charge in [0.25, 0.3) is 0 Å². The molecule has 0 radical (unpaired) electrons. The summed E-state index contributed by atoms with van der Waals surface area (Å²) in [6, 6.07) is 9.45. The zero-order chi connectivity index (χ0) is 21.7. The molecule has 30 heavy (non-hydrogen) atoms. The number of amides is 1. The highest BCUT2D eigenvalue weighted by Crippen LogP contribution is 2.32. The van der Waals surface area contributed by atoms with Gasteiger partial charge in [0.15, 0.2) is 5.82 Å². The lowest BCUT2D eigenvalue weighted by atomic mass is 10.2. The van der Waals surface area contributed by atoms with Crippen molar-refractivity contribution < 1.29 is 27.4 Å². The summed E-state index contributed by atoms with van der Waals surface area (Å²) < 4.78 is 48.2. The molecule has 0 spiro atoms. The third kappa shape index (κ3) is 5.23. The van der Waals surface area contributed by atoms with E-state index in [1.807, 2.05) is 0 Å². The van der Waals surface area contributed by atoms with E-state index in [-0.39, 0.29) is 11.4 Å². The Bertz CT molecular complexity index is 1020. The number of ether oxygens (including phenoxy) is 2. The lowest BCUT2D eigenvalue weighted by molar-refractivity contribution is -0.137. The largest absolute Gasteiger partial charge is 0.497 e. The van der Waals surface area contributed by atoms with Gasteiger partial charge in [-0.05, 0) is 36.4 Å². The van der Waals surface area contributed by atoms with Gasteiger partial charge in [0.1, 0.15) is 11.5 Å². The maximum absolute atomic E-state index is 12.6. The Morgan fingerprint density at radius 1 is 1.13 bits per heavy atom. The lowest BCUT2D eigenvalue weighted by Crippen LogP contribution is -2.14. The third-order valence-corrected chi connectivity index (χ3v) is 4.80. The van der Waals surface area contributed by atoms with Crippen LogP contribution in [0.15, 0.2) is 47.6 Å². The van der Waals surface area contributed by atoms with Crippen LogP contribution in [0.1, 0.15) is 5.56 Å². The second-order valence-corrected chi connectivity index (χ2v) is 6.89. The number of nitrogens with zero attached hydrogens (tertiary/aromatic N) is 2. The summed E-state index contributed by atoms with van der Waals surface area (Å²) >= 11 is 1.08. The predicted octanol–water partition coefficient (Wildman–Crippen LogP) is 4.24. The molecule has 2 N–H and O–H groups in total. The second kappa shape index (κ2) is 9.08. The minimum absolute atomic E-state index is 0.0158. The van der Waals surface area contributed by atoms with E-state index in [1.165, 1.54) is 19.2 Å². The Hall–Kier alpha value is -3.21. The molecule has 3 rings (SSSR count). The fourth-order valence-corrected chi connectivity index (χ4v) is 3.09. The maximum Gasteiger partial charge on any atom is 0.416 e. The van der Waals surface area contributed by atoms with Crippen molar-refractivity contribution in [1.82, 2.24) is 15.2 Å². The molecule has 11 heteroatoms. The zero-order valence-electron chi connectivity index (χ0n) is 15.9. The first kappa shape index (κ1) is 21.5. The first-order chi connectivity index (χ1) is 14.3. The molecule has 1 aromatic heterocycles. The van der Waals surface area contributed by atoms with Crippen molar-refractivity contribution in [1.29, 1.82) is 0 Å². The highest BCUT2D eigenvalue weighted by Gasteiger charge is 2.30. The highest BCUT2D eigenvalue weighted by atomic mass is 32.2. The molecule has 3 aromatic rings. The molecule has 0 atom stereocenters. The number of anilines is 1. The van der Waals surface area contributed by atoms with E-state index in [4.69, 9.17) is 9.47 Å². The van der Waals surface area contributed by atoms with E-state index >= 15 is 0 Å². The van der Waals surface area contributed by atoms with Gasteiger partial charge in [-0.3, -0.25) is 9.89 Å². The number of rotatable bonds is 7. The van der Waals surface area contributed by atoms with E-state index in [0.29, 0.717) is 28.0 Å². The Morgan fingerprint density at radius 2 is 1.87 bits per heavy atom. The molecular formula is C19H17F3N4O3S. The molecule has 0 aliphatic carbocycles. The number of carbonyl (C=O) groups is 1. The van der Waals surface area contributed by atoms with Crippen LogP contribution in [-0.2, 0) is 11.0 Å². The van der Waals surface area contributed by atoms with Crippen LogP contribution < -0.4 is 14.8 Å². The number of thioether (sulfide) groups is 1. The van der Waals surface area contributed by atoms with Gasteiger partial charge in [0, 0.05) is 11.8 Å². The monoisotopic (exact) mass is 438 g/mol. The molecule has 1 heterocycles. The van der Waals surface area contributed by atoms with Crippen molar-refractivity contribution >= 4 is 23.4 Å². The Labute approximate surface area is 174 Å². The SMILES string of the molecule is COc1ccc(-c2nc(SCC(=O)Nc3ccc(C(F)(F)F)cc3)n[nH]2)c(OC)c1. The number of alkyl halides is 3. The number of benzene rings is 2. The normalized spacial score (nSPS) is 11.2. The van der Waals surface area contributed by atoms with E-state index in [9.17, 15) is 18.0 Å². The number of aromatic nitrogens is 3. The smallest absolute Gasteiger partial charge is 0.416 e. The van der Waals surface area contributed by atoms with Gasteiger partial charge in [0.2, 0.25) is 11.1 Å². The zero-order valence-corrected chi connectivity index (χ0v) is 16.7. The van der Waals surface area contributed by atoms with Crippen LogP contribution in [0.4, 0.5) is 18.9 Å². The summed E-state index contributed by atoms with van der Waals surface area (Å²) in [5, 5.41) is 9.72. The van der Waals surface area contributed by atoms with Gasteiger partial charge in [-0.15, -0.1) is 5.10 Å². The summed E-state index contributed by atoms with van der Waals surface area (Å²) in [5.41, 5.74) is 0.163. The van der Waals surface area contributed by atoms with Crippen LogP contribution in [0.25, 0.3) is 11.4 Å². The second-order valence-electron chi connectivity index (χ2n) is 5.94. The number of hydrogen-bond acceptors (Lipinski definition) is 6. The summed E-state index contributed by atoms with van der Waals surface area (Å²) in [7, 11) is 3.07. The molecule has 158 valence electrons. The predicted molar refractivity (Wildman–Crippen MR) is 106 cm³/mol. The Morgan fingerprint density at radius 3 is 2.50 bits per heavy atom. The molecule has 0 fully saturated rings. The average Bonchev–Trinajstić information content (AvgIpc) is 3.20. The van der Waals surface area contributed by atoms with Crippen LogP contribution >= 0.6 is 11.8 Å². The van der Waals surface area contributed by atoms with Gasteiger partial charge in [-0.1, -0.05) is 11.8 Å². The molecule has 0 aliphatic rings. The van der Waals surface area contributed by atoms with Crippen LogP contribution in [0.2, 0.25) is 0 Å².